The van der Waals surface area contributed by atoms with Crippen LogP contribution in [0.4, 0.5) is 0 Å². The van der Waals surface area contributed by atoms with Crippen molar-refractivity contribution in [1.29, 1.82) is 0 Å². The Bertz CT molecular complexity index is 694. The lowest BCUT2D eigenvalue weighted by molar-refractivity contribution is -0.147. The third-order valence-corrected chi connectivity index (χ3v) is 6.33. The van der Waals surface area contributed by atoms with Crippen LogP contribution in [-0.2, 0) is 32.0 Å². The van der Waals surface area contributed by atoms with Gasteiger partial charge in [0.05, 0.1) is 5.92 Å². The van der Waals surface area contributed by atoms with Crippen molar-refractivity contribution in [2.45, 2.75) is 32.7 Å². The van der Waals surface area contributed by atoms with Crippen molar-refractivity contribution >= 4 is 45.6 Å². The number of carbonyl (C=O) groups excluding carboxylic acids is 3. The summed E-state index contributed by atoms with van der Waals surface area (Å²) in [7, 11) is 0. The van der Waals surface area contributed by atoms with E-state index in [0.29, 0.717) is 12.8 Å². The zero-order valence-corrected chi connectivity index (χ0v) is 17.0. The van der Waals surface area contributed by atoms with E-state index in [-0.39, 0.29) is 40.2 Å². The van der Waals surface area contributed by atoms with E-state index in [0.717, 1.165) is 34.7 Å². The third kappa shape index (κ3) is 6.39. The summed E-state index contributed by atoms with van der Waals surface area (Å²) in [4.78, 5) is 48.6. The molecule has 0 heterocycles. The Morgan fingerprint density at radius 3 is 1.93 bits per heavy atom. The minimum atomic E-state index is -1.07. The molecule has 0 bridgehead atoms. The normalized spacial score (nSPS) is 13.4. The largest absolute Gasteiger partial charge is 0.480 e. The molecule has 0 aliphatic heterocycles. The smallest absolute Gasteiger partial charge is 0.323 e. The van der Waals surface area contributed by atoms with E-state index in [4.69, 9.17) is 0 Å². The summed E-state index contributed by atoms with van der Waals surface area (Å²) < 4.78 is 0. The molecule has 0 saturated heterocycles. The van der Waals surface area contributed by atoms with Gasteiger partial charge in [-0.2, -0.15) is 0 Å². The Balaban J connectivity index is 2.18. The molecular formula is C19H23NO5S2. The fourth-order valence-corrected chi connectivity index (χ4v) is 4.69. The van der Waals surface area contributed by atoms with Gasteiger partial charge in [0.1, 0.15) is 6.54 Å². The van der Waals surface area contributed by atoms with Gasteiger partial charge in [0.15, 0.2) is 10.2 Å². The summed E-state index contributed by atoms with van der Waals surface area (Å²) in [5.74, 6) is -1.49. The molecule has 0 unspecified atom stereocenters. The molecule has 8 heteroatoms. The lowest BCUT2D eigenvalue weighted by Crippen LogP contribution is -2.48. The number of carbonyl (C=O) groups is 4. The fourth-order valence-electron chi connectivity index (χ4n) is 3.15. The Kier molecular flexibility index (Phi) is 7.91. The quantitative estimate of drug-likeness (QED) is 0.704. The molecule has 0 radical (unpaired) electrons. The van der Waals surface area contributed by atoms with Gasteiger partial charge in [-0.25, -0.2) is 0 Å². The number of thioether (sulfide) groups is 2. The number of hydrogen-bond acceptors (Lipinski definition) is 6. The second-order valence-electron chi connectivity index (χ2n) is 6.49. The standard InChI is InChI=1S/C19H23NO5S2/c1-12(21)26-10-16(11-27-13(2)22)19(25)20(9-18(23)24)17-7-14-5-3-4-6-15(14)8-17/h3-6,16-17H,7-11H2,1-2H3,(H,23,24). The van der Waals surface area contributed by atoms with E-state index < -0.39 is 11.9 Å². The minimum Gasteiger partial charge on any atom is -0.480 e. The monoisotopic (exact) mass is 409 g/mol. The van der Waals surface area contributed by atoms with Gasteiger partial charge in [0.25, 0.3) is 0 Å². The highest BCUT2D eigenvalue weighted by atomic mass is 32.2. The highest BCUT2D eigenvalue weighted by Crippen LogP contribution is 2.28. The van der Waals surface area contributed by atoms with Crippen molar-refractivity contribution in [3.63, 3.8) is 0 Å². The van der Waals surface area contributed by atoms with Crippen molar-refractivity contribution in [1.82, 2.24) is 4.90 Å². The van der Waals surface area contributed by atoms with Crippen LogP contribution in [0.15, 0.2) is 24.3 Å². The molecule has 2 rings (SSSR count). The van der Waals surface area contributed by atoms with Gasteiger partial charge in [-0.1, -0.05) is 47.8 Å². The molecule has 1 aliphatic rings. The van der Waals surface area contributed by atoms with Crippen molar-refractivity contribution in [3.8, 4) is 0 Å². The molecule has 0 atom stereocenters. The number of aliphatic carboxylic acids is 1. The van der Waals surface area contributed by atoms with Gasteiger partial charge >= 0.3 is 5.97 Å². The van der Waals surface area contributed by atoms with Crippen LogP contribution < -0.4 is 0 Å². The summed E-state index contributed by atoms with van der Waals surface area (Å²) in [5, 5.41) is 9.09. The minimum absolute atomic E-state index is 0.112. The zero-order chi connectivity index (χ0) is 20.0. The van der Waals surface area contributed by atoms with Crippen LogP contribution in [0.25, 0.3) is 0 Å². The molecular weight excluding hydrogens is 386 g/mol. The van der Waals surface area contributed by atoms with E-state index in [1.54, 1.807) is 0 Å². The van der Waals surface area contributed by atoms with Crippen molar-refractivity contribution in [2.75, 3.05) is 18.1 Å². The number of carboxylic acids is 1. The number of rotatable bonds is 8. The highest BCUT2D eigenvalue weighted by molar-refractivity contribution is 8.14. The van der Waals surface area contributed by atoms with E-state index in [1.165, 1.54) is 18.7 Å². The zero-order valence-electron chi connectivity index (χ0n) is 15.3. The summed E-state index contributed by atoms with van der Waals surface area (Å²) >= 11 is 2.05. The molecule has 1 aromatic carbocycles. The molecule has 1 amide bonds. The maximum Gasteiger partial charge on any atom is 0.323 e. The number of fused-ring (bicyclic) bond motifs is 1. The second-order valence-corrected chi connectivity index (χ2v) is 8.89. The van der Waals surface area contributed by atoms with Crippen LogP contribution in [0.5, 0.6) is 0 Å². The van der Waals surface area contributed by atoms with Gasteiger partial charge in [-0.15, -0.1) is 0 Å². The average Bonchev–Trinajstić information content (AvgIpc) is 3.02. The van der Waals surface area contributed by atoms with Crippen molar-refractivity contribution in [3.05, 3.63) is 35.4 Å². The fraction of sp³-hybridized carbons (Fsp3) is 0.474. The van der Waals surface area contributed by atoms with E-state index in [9.17, 15) is 24.3 Å². The van der Waals surface area contributed by atoms with E-state index in [1.807, 2.05) is 24.3 Å². The third-order valence-electron chi connectivity index (χ3n) is 4.38. The molecule has 0 saturated carbocycles. The van der Waals surface area contributed by atoms with Crippen LogP contribution in [0.3, 0.4) is 0 Å². The Morgan fingerprint density at radius 2 is 1.52 bits per heavy atom. The first-order chi connectivity index (χ1) is 12.8. The molecule has 0 aromatic heterocycles. The first-order valence-corrected chi connectivity index (χ1v) is 10.6. The molecule has 6 nitrogen and oxygen atoms in total. The molecule has 27 heavy (non-hydrogen) atoms. The predicted octanol–water partition coefficient (Wildman–Crippen LogP) is 2.24. The van der Waals surface area contributed by atoms with Gasteiger partial charge in [-0.05, 0) is 24.0 Å². The maximum absolute atomic E-state index is 13.2. The van der Waals surface area contributed by atoms with Gasteiger partial charge < -0.3 is 10.0 Å². The Labute approximate surface area is 167 Å². The molecule has 146 valence electrons. The maximum atomic E-state index is 13.2. The van der Waals surface area contributed by atoms with Crippen LogP contribution in [0, 0.1) is 5.92 Å². The molecule has 1 N–H and O–H groups in total. The Hall–Kier alpha value is -1.80. The van der Waals surface area contributed by atoms with Crippen LogP contribution in [0.1, 0.15) is 25.0 Å². The second kappa shape index (κ2) is 9.94. The van der Waals surface area contributed by atoms with Gasteiger partial charge in [0.2, 0.25) is 5.91 Å². The molecule has 0 fully saturated rings. The summed E-state index contributed by atoms with van der Waals surface area (Å²) in [6.45, 7) is 2.46. The van der Waals surface area contributed by atoms with E-state index in [2.05, 4.69) is 0 Å². The lowest BCUT2D eigenvalue weighted by atomic mass is 10.1. The number of benzene rings is 1. The van der Waals surface area contributed by atoms with Crippen LogP contribution >= 0.6 is 23.5 Å². The predicted molar refractivity (Wildman–Crippen MR) is 107 cm³/mol. The number of carboxylic acid groups (broad SMARTS) is 1. The summed E-state index contributed by atoms with van der Waals surface area (Å²) in [6, 6.07) is 7.62. The highest BCUT2D eigenvalue weighted by Gasteiger charge is 2.34. The first kappa shape index (κ1) is 21.5. The van der Waals surface area contributed by atoms with Gasteiger partial charge in [0, 0.05) is 31.4 Å². The Morgan fingerprint density at radius 1 is 1.04 bits per heavy atom. The number of hydrogen-bond donors (Lipinski definition) is 1. The number of nitrogens with zero attached hydrogens (tertiary/aromatic N) is 1. The van der Waals surface area contributed by atoms with Crippen molar-refractivity contribution in [2.24, 2.45) is 5.92 Å². The van der Waals surface area contributed by atoms with Gasteiger partial charge in [-0.3, -0.25) is 19.2 Å². The molecule has 1 aliphatic carbocycles. The van der Waals surface area contributed by atoms with E-state index >= 15 is 0 Å². The topological polar surface area (TPSA) is 91.8 Å². The number of amides is 1. The summed E-state index contributed by atoms with van der Waals surface area (Å²) in [5.41, 5.74) is 2.25. The van der Waals surface area contributed by atoms with Crippen molar-refractivity contribution < 1.29 is 24.3 Å². The summed E-state index contributed by atoms with van der Waals surface area (Å²) in [6.07, 6.45) is 1.23. The molecule has 0 spiro atoms. The SMILES string of the molecule is CC(=O)SCC(CSC(C)=O)C(=O)N(CC(=O)O)C1Cc2ccccc2C1. The first-order valence-electron chi connectivity index (χ1n) is 8.63. The van der Waals surface area contributed by atoms with Crippen LogP contribution in [-0.4, -0.2) is 56.2 Å². The molecule has 1 aromatic rings. The average molecular weight is 410 g/mol. The van der Waals surface area contributed by atoms with Crippen LogP contribution in [0.2, 0.25) is 0 Å². The lowest BCUT2D eigenvalue weighted by Gasteiger charge is -2.31.